The Morgan fingerprint density at radius 2 is 1.72 bits per heavy atom. The van der Waals surface area contributed by atoms with E-state index in [4.69, 9.17) is 9.47 Å². The first kappa shape index (κ1) is 20.7. The second-order valence-corrected chi connectivity index (χ2v) is 7.39. The Bertz CT molecular complexity index is 889. The third-order valence-electron chi connectivity index (χ3n) is 3.99. The van der Waals surface area contributed by atoms with Crippen molar-refractivity contribution in [1.82, 2.24) is 10.3 Å². The SMILES string of the molecule is CC(=O)NC1=NN(C(C)=O)[C@H](c2ccccc2OCCCOc2ccccc2)S1. The summed E-state index contributed by atoms with van der Waals surface area (Å²) in [5.74, 6) is 1.06. The number of amidine groups is 1. The number of thioether (sulfide) groups is 1. The number of nitrogens with one attached hydrogen (secondary N) is 1. The molecule has 0 aromatic heterocycles. The predicted octanol–water partition coefficient (Wildman–Crippen LogP) is 3.54. The number of ether oxygens (including phenoxy) is 2. The molecule has 29 heavy (non-hydrogen) atoms. The van der Waals surface area contributed by atoms with Crippen molar-refractivity contribution in [3.63, 3.8) is 0 Å². The lowest BCUT2D eigenvalue weighted by atomic mass is 10.2. The second kappa shape index (κ2) is 9.97. The molecule has 152 valence electrons. The lowest BCUT2D eigenvalue weighted by molar-refractivity contribution is -0.129. The second-order valence-electron chi connectivity index (χ2n) is 6.32. The van der Waals surface area contributed by atoms with Gasteiger partial charge in [-0.3, -0.25) is 9.59 Å². The van der Waals surface area contributed by atoms with Crippen LogP contribution in [0.1, 0.15) is 31.2 Å². The maximum atomic E-state index is 12.0. The van der Waals surface area contributed by atoms with Gasteiger partial charge in [-0.05, 0) is 18.2 Å². The quantitative estimate of drug-likeness (QED) is 0.703. The summed E-state index contributed by atoms with van der Waals surface area (Å²) in [6.07, 6.45) is 0.713. The molecular formula is C21H23N3O4S. The van der Waals surface area contributed by atoms with Crippen molar-refractivity contribution in [2.75, 3.05) is 13.2 Å². The number of amides is 2. The Labute approximate surface area is 174 Å². The number of para-hydroxylation sites is 2. The minimum atomic E-state index is -0.397. The van der Waals surface area contributed by atoms with Gasteiger partial charge in [-0.25, -0.2) is 5.01 Å². The highest BCUT2D eigenvalue weighted by Crippen LogP contribution is 2.42. The number of hydrogen-bond acceptors (Lipinski definition) is 6. The van der Waals surface area contributed by atoms with E-state index in [1.807, 2.05) is 54.6 Å². The molecule has 1 aliphatic heterocycles. The maximum absolute atomic E-state index is 12.0. The number of rotatable bonds is 7. The highest BCUT2D eigenvalue weighted by atomic mass is 32.2. The fourth-order valence-corrected chi connectivity index (χ4v) is 3.90. The summed E-state index contributed by atoms with van der Waals surface area (Å²) in [7, 11) is 0. The number of hydrazone groups is 1. The fraction of sp³-hybridized carbons (Fsp3) is 0.286. The summed E-state index contributed by atoms with van der Waals surface area (Å²) in [4.78, 5) is 23.4. The molecule has 0 saturated heterocycles. The van der Waals surface area contributed by atoms with Gasteiger partial charge in [0.25, 0.3) is 0 Å². The fourth-order valence-electron chi connectivity index (χ4n) is 2.73. The summed E-state index contributed by atoms with van der Waals surface area (Å²) in [6.45, 7) is 3.86. The van der Waals surface area contributed by atoms with Gasteiger partial charge < -0.3 is 14.8 Å². The molecule has 0 aliphatic carbocycles. The molecular weight excluding hydrogens is 390 g/mol. The van der Waals surface area contributed by atoms with Gasteiger partial charge in [0.1, 0.15) is 16.9 Å². The minimum absolute atomic E-state index is 0.214. The molecule has 1 heterocycles. The average molecular weight is 413 g/mol. The van der Waals surface area contributed by atoms with Gasteiger partial charge in [0.05, 0.1) is 13.2 Å². The maximum Gasteiger partial charge on any atom is 0.241 e. The van der Waals surface area contributed by atoms with Gasteiger partial charge in [-0.2, -0.15) is 0 Å². The van der Waals surface area contributed by atoms with Crippen molar-refractivity contribution in [3.8, 4) is 11.5 Å². The highest BCUT2D eigenvalue weighted by molar-refractivity contribution is 8.14. The normalized spacial score (nSPS) is 15.6. The van der Waals surface area contributed by atoms with Crippen LogP contribution in [0.25, 0.3) is 0 Å². The molecule has 1 aliphatic rings. The molecule has 7 nitrogen and oxygen atoms in total. The van der Waals surface area contributed by atoms with Crippen molar-refractivity contribution < 1.29 is 19.1 Å². The van der Waals surface area contributed by atoms with Crippen LogP contribution in [0.5, 0.6) is 11.5 Å². The average Bonchev–Trinajstić information content (AvgIpc) is 3.12. The Morgan fingerprint density at radius 3 is 2.45 bits per heavy atom. The molecule has 2 aromatic rings. The van der Waals surface area contributed by atoms with E-state index < -0.39 is 5.37 Å². The van der Waals surface area contributed by atoms with E-state index in [1.165, 1.54) is 30.6 Å². The van der Waals surface area contributed by atoms with Gasteiger partial charge in [0.2, 0.25) is 11.8 Å². The molecule has 0 radical (unpaired) electrons. The number of carbonyl (C=O) groups is 2. The van der Waals surface area contributed by atoms with E-state index in [1.54, 1.807) is 0 Å². The van der Waals surface area contributed by atoms with Crippen LogP contribution in [-0.4, -0.2) is 35.2 Å². The molecule has 0 spiro atoms. The van der Waals surface area contributed by atoms with Crippen LogP contribution in [0, 0.1) is 0 Å². The van der Waals surface area contributed by atoms with E-state index in [-0.39, 0.29) is 11.8 Å². The van der Waals surface area contributed by atoms with Gasteiger partial charge in [0.15, 0.2) is 5.17 Å². The Hall–Kier alpha value is -3.00. The molecule has 8 heteroatoms. The van der Waals surface area contributed by atoms with Gasteiger partial charge in [0, 0.05) is 25.8 Å². The first-order chi connectivity index (χ1) is 14.0. The minimum Gasteiger partial charge on any atom is -0.493 e. The smallest absolute Gasteiger partial charge is 0.241 e. The molecule has 2 aromatic carbocycles. The third kappa shape index (κ3) is 5.74. The zero-order chi connectivity index (χ0) is 20.6. The van der Waals surface area contributed by atoms with Crippen molar-refractivity contribution in [3.05, 3.63) is 60.2 Å². The Balaban J connectivity index is 1.61. The van der Waals surface area contributed by atoms with E-state index in [0.29, 0.717) is 30.6 Å². The van der Waals surface area contributed by atoms with Gasteiger partial charge in [-0.15, -0.1) is 5.10 Å². The summed E-state index contributed by atoms with van der Waals surface area (Å²) in [5.41, 5.74) is 0.820. The summed E-state index contributed by atoms with van der Waals surface area (Å²) in [6, 6.07) is 17.2. The van der Waals surface area contributed by atoms with Crippen LogP contribution in [0.2, 0.25) is 0 Å². The topological polar surface area (TPSA) is 80.2 Å². The van der Waals surface area contributed by atoms with Crippen molar-refractivity contribution in [1.29, 1.82) is 0 Å². The first-order valence-electron chi connectivity index (χ1n) is 9.27. The van der Waals surface area contributed by atoms with Crippen LogP contribution in [0.15, 0.2) is 59.7 Å². The van der Waals surface area contributed by atoms with E-state index >= 15 is 0 Å². The molecule has 2 amide bonds. The van der Waals surface area contributed by atoms with Crippen LogP contribution >= 0.6 is 11.8 Å². The summed E-state index contributed by atoms with van der Waals surface area (Å²) in [5, 5.41) is 8.22. The predicted molar refractivity (Wildman–Crippen MR) is 113 cm³/mol. The van der Waals surface area contributed by atoms with Gasteiger partial charge in [-0.1, -0.05) is 48.2 Å². The Kier molecular flexibility index (Phi) is 7.13. The number of benzene rings is 2. The molecule has 0 unspecified atom stereocenters. The van der Waals surface area contributed by atoms with Gasteiger partial charge >= 0.3 is 0 Å². The van der Waals surface area contributed by atoms with Crippen molar-refractivity contribution >= 4 is 28.7 Å². The van der Waals surface area contributed by atoms with E-state index in [0.717, 1.165) is 11.3 Å². The highest BCUT2D eigenvalue weighted by Gasteiger charge is 2.34. The molecule has 3 rings (SSSR count). The zero-order valence-corrected chi connectivity index (χ0v) is 17.1. The van der Waals surface area contributed by atoms with E-state index in [9.17, 15) is 9.59 Å². The Morgan fingerprint density at radius 1 is 1.03 bits per heavy atom. The summed E-state index contributed by atoms with van der Waals surface area (Å²) >= 11 is 1.30. The first-order valence-corrected chi connectivity index (χ1v) is 10.1. The number of nitrogens with zero attached hydrogens (tertiary/aromatic N) is 2. The van der Waals surface area contributed by atoms with E-state index in [2.05, 4.69) is 10.4 Å². The van der Waals surface area contributed by atoms with Crippen molar-refractivity contribution in [2.24, 2.45) is 5.10 Å². The van der Waals surface area contributed by atoms with Crippen LogP contribution < -0.4 is 14.8 Å². The zero-order valence-electron chi connectivity index (χ0n) is 16.3. The number of hydrogen-bond donors (Lipinski definition) is 1. The molecule has 0 fully saturated rings. The molecule has 1 N–H and O–H groups in total. The lowest BCUT2D eigenvalue weighted by Crippen LogP contribution is -2.25. The van der Waals surface area contributed by atoms with Crippen LogP contribution in [-0.2, 0) is 9.59 Å². The largest absolute Gasteiger partial charge is 0.493 e. The number of carbonyl (C=O) groups excluding carboxylic acids is 2. The molecule has 1 atom stereocenters. The lowest BCUT2D eigenvalue weighted by Gasteiger charge is -2.21. The molecule has 0 bridgehead atoms. The third-order valence-corrected chi connectivity index (χ3v) is 5.08. The van der Waals surface area contributed by atoms with Crippen molar-refractivity contribution in [2.45, 2.75) is 25.6 Å². The monoisotopic (exact) mass is 413 g/mol. The standard InChI is InChI=1S/C21H23N3O4S/c1-15(25)22-21-23-24(16(2)26)20(29-21)18-11-6-7-12-19(18)28-14-8-13-27-17-9-4-3-5-10-17/h3-7,9-12,20H,8,13-14H2,1-2H3,(H,22,23,25)/t20-/m0/s1. The summed E-state index contributed by atoms with van der Waals surface area (Å²) < 4.78 is 11.6. The molecule has 0 saturated carbocycles. The van der Waals surface area contributed by atoms with Crippen LogP contribution in [0.4, 0.5) is 0 Å². The van der Waals surface area contributed by atoms with Crippen LogP contribution in [0.3, 0.4) is 0 Å².